The second kappa shape index (κ2) is 5.38. The molecule has 1 unspecified atom stereocenters. The van der Waals surface area contributed by atoms with Gasteiger partial charge in [0.1, 0.15) is 10.7 Å². The highest BCUT2D eigenvalue weighted by Gasteiger charge is 2.26. The van der Waals surface area contributed by atoms with Gasteiger partial charge < -0.3 is 5.11 Å². The summed E-state index contributed by atoms with van der Waals surface area (Å²) in [5.41, 5.74) is 0.233. The van der Waals surface area contributed by atoms with Crippen molar-refractivity contribution in [3.63, 3.8) is 0 Å². The van der Waals surface area contributed by atoms with Crippen LogP contribution in [0.25, 0.3) is 10.2 Å². The molecule has 2 aromatic heterocycles. The number of thiophene rings is 1. The molecule has 1 N–H and O–H groups in total. The van der Waals surface area contributed by atoms with Gasteiger partial charge in [0, 0.05) is 4.88 Å². The van der Waals surface area contributed by atoms with Crippen LogP contribution >= 0.6 is 11.3 Å². The molecule has 3 aromatic rings. The first-order valence-electron chi connectivity index (χ1n) is 6.76. The van der Waals surface area contributed by atoms with Crippen molar-refractivity contribution in [2.75, 3.05) is 0 Å². The molecular formula is C16H14N2O3S. The highest BCUT2D eigenvalue weighted by atomic mass is 32.1. The fourth-order valence-corrected chi connectivity index (χ4v) is 3.47. The molecule has 0 aliphatic carbocycles. The minimum absolute atomic E-state index is 0.317. The summed E-state index contributed by atoms with van der Waals surface area (Å²) in [7, 11) is 0. The van der Waals surface area contributed by atoms with E-state index in [1.54, 1.807) is 37.3 Å². The molecule has 6 heteroatoms. The van der Waals surface area contributed by atoms with E-state index in [1.165, 1.54) is 15.9 Å². The fourth-order valence-electron chi connectivity index (χ4n) is 2.56. The van der Waals surface area contributed by atoms with Gasteiger partial charge in [0.05, 0.1) is 5.39 Å². The van der Waals surface area contributed by atoms with Crippen molar-refractivity contribution in [3.8, 4) is 0 Å². The number of rotatable bonds is 3. The maximum absolute atomic E-state index is 12.7. The fraction of sp³-hybridized carbons (Fsp3) is 0.188. The molecule has 112 valence electrons. The Hall–Kier alpha value is -2.47. The lowest BCUT2D eigenvalue weighted by atomic mass is 10.1. The highest BCUT2D eigenvalue weighted by Crippen LogP contribution is 2.24. The average Bonchev–Trinajstić information content (AvgIpc) is 2.84. The molecule has 0 fully saturated rings. The molecule has 2 heterocycles. The number of nitrogens with zero attached hydrogens (tertiary/aromatic N) is 2. The van der Waals surface area contributed by atoms with Gasteiger partial charge in [-0.2, -0.15) is 0 Å². The Morgan fingerprint density at radius 2 is 1.95 bits per heavy atom. The lowest BCUT2D eigenvalue weighted by Gasteiger charge is -2.18. The number of hydrogen-bond acceptors (Lipinski definition) is 4. The number of aliphatic carboxylic acids is 1. The Kier molecular flexibility index (Phi) is 3.54. The maximum Gasteiger partial charge on any atom is 0.331 e. The molecule has 1 aromatic carbocycles. The molecule has 0 saturated carbocycles. The van der Waals surface area contributed by atoms with Gasteiger partial charge in [-0.1, -0.05) is 30.3 Å². The Bertz CT molecular complexity index is 912. The SMILES string of the molecule is Cc1cc2c(=O)n(C(C(=O)O)c3ccccc3)c(C)nc2s1. The largest absolute Gasteiger partial charge is 0.479 e. The molecule has 5 nitrogen and oxygen atoms in total. The molecule has 0 radical (unpaired) electrons. The van der Waals surface area contributed by atoms with Gasteiger partial charge in [-0.05, 0) is 25.5 Å². The van der Waals surface area contributed by atoms with E-state index in [0.29, 0.717) is 21.6 Å². The van der Waals surface area contributed by atoms with Gasteiger partial charge in [0.15, 0.2) is 6.04 Å². The second-order valence-corrected chi connectivity index (χ2v) is 6.30. The van der Waals surface area contributed by atoms with Gasteiger partial charge in [-0.15, -0.1) is 11.3 Å². The van der Waals surface area contributed by atoms with Crippen LogP contribution in [-0.4, -0.2) is 20.6 Å². The number of aromatic nitrogens is 2. The minimum Gasteiger partial charge on any atom is -0.479 e. The lowest BCUT2D eigenvalue weighted by molar-refractivity contribution is -0.139. The summed E-state index contributed by atoms with van der Waals surface area (Å²) in [6.07, 6.45) is 0. The van der Waals surface area contributed by atoms with Gasteiger partial charge in [0.2, 0.25) is 0 Å². The normalized spacial score (nSPS) is 12.5. The molecule has 0 saturated heterocycles. The molecule has 3 rings (SSSR count). The Balaban J connectivity index is 2.31. The van der Waals surface area contributed by atoms with Crippen molar-refractivity contribution in [2.24, 2.45) is 0 Å². The van der Waals surface area contributed by atoms with E-state index in [1.807, 2.05) is 13.0 Å². The summed E-state index contributed by atoms with van der Waals surface area (Å²) < 4.78 is 1.26. The first-order chi connectivity index (χ1) is 10.5. The predicted molar refractivity (Wildman–Crippen MR) is 85.6 cm³/mol. The average molecular weight is 314 g/mol. The monoisotopic (exact) mass is 314 g/mol. The van der Waals surface area contributed by atoms with E-state index in [2.05, 4.69) is 4.98 Å². The molecule has 0 aliphatic heterocycles. The Morgan fingerprint density at radius 1 is 1.27 bits per heavy atom. The van der Waals surface area contributed by atoms with Crippen LogP contribution in [0.2, 0.25) is 0 Å². The van der Waals surface area contributed by atoms with Crippen molar-refractivity contribution in [1.82, 2.24) is 9.55 Å². The summed E-state index contributed by atoms with van der Waals surface area (Å²) in [5.74, 6) is -0.680. The van der Waals surface area contributed by atoms with Crippen molar-refractivity contribution in [1.29, 1.82) is 0 Å². The van der Waals surface area contributed by atoms with Gasteiger partial charge >= 0.3 is 5.97 Å². The smallest absolute Gasteiger partial charge is 0.331 e. The van der Waals surface area contributed by atoms with E-state index >= 15 is 0 Å². The Morgan fingerprint density at radius 3 is 2.59 bits per heavy atom. The van der Waals surface area contributed by atoms with Gasteiger partial charge in [-0.3, -0.25) is 9.36 Å². The molecular weight excluding hydrogens is 300 g/mol. The zero-order valence-electron chi connectivity index (χ0n) is 12.1. The number of carbonyl (C=O) groups is 1. The molecule has 0 aliphatic rings. The number of aryl methyl sites for hydroxylation is 2. The third kappa shape index (κ3) is 2.31. The van der Waals surface area contributed by atoms with Crippen LogP contribution in [0, 0.1) is 13.8 Å². The van der Waals surface area contributed by atoms with Crippen LogP contribution in [0.4, 0.5) is 0 Å². The number of carboxylic acids is 1. The standard InChI is InChI=1S/C16H14N2O3S/c1-9-8-12-14(22-9)17-10(2)18(15(12)19)13(16(20)21)11-6-4-3-5-7-11/h3-8,13H,1-2H3,(H,20,21). The van der Waals surface area contributed by atoms with E-state index in [0.717, 1.165) is 4.88 Å². The summed E-state index contributed by atoms with van der Waals surface area (Å²) in [5, 5.41) is 10.1. The van der Waals surface area contributed by atoms with E-state index in [4.69, 9.17) is 0 Å². The summed E-state index contributed by atoms with van der Waals surface area (Å²) >= 11 is 1.43. The molecule has 22 heavy (non-hydrogen) atoms. The Labute approximate surface area is 130 Å². The predicted octanol–water partition coefficient (Wildman–Crippen LogP) is 2.75. The van der Waals surface area contributed by atoms with E-state index in [9.17, 15) is 14.7 Å². The van der Waals surface area contributed by atoms with Crippen molar-refractivity contribution < 1.29 is 9.90 Å². The maximum atomic E-state index is 12.7. The number of carboxylic acid groups (broad SMARTS) is 1. The molecule has 0 bridgehead atoms. The van der Waals surface area contributed by atoms with Crippen molar-refractivity contribution in [3.05, 3.63) is 63.0 Å². The van der Waals surface area contributed by atoms with Crippen LogP contribution in [0.3, 0.4) is 0 Å². The molecule has 1 atom stereocenters. The van der Waals surface area contributed by atoms with Crippen molar-refractivity contribution in [2.45, 2.75) is 19.9 Å². The quantitative estimate of drug-likeness (QED) is 0.807. The van der Waals surface area contributed by atoms with Crippen LogP contribution in [-0.2, 0) is 4.79 Å². The zero-order valence-corrected chi connectivity index (χ0v) is 12.9. The zero-order chi connectivity index (χ0) is 15.9. The van der Waals surface area contributed by atoms with Crippen LogP contribution in [0.5, 0.6) is 0 Å². The van der Waals surface area contributed by atoms with Gasteiger partial charge in [0.25, 0.3) is 5.56 Å². The first-order valence-corrected chi connectivity index (χ1v) is 7.57. The molecule has 0 spiro atoms. The van der Waals surface area contributed by atoms with Crippen LogP contribution in [0.15, 0.2) is 41.2 Å². The van der Waals surface area contributed by atoms with Crippen LogP contribution in [0.1, 0.15) is 22.3 Å². The van der Waals surface area contributed by atoms with Crippen molar-refractivity contribution >= 4 is 27.5 Å². The first kappa shape index (κ1) is 14.5. The molecule has 0 amide bonds. The minimum atomic E-state index is -1.08. The highest BCUT2D eigenvalue weighted by molar-refractivity contribution is 7.18. The second-order valence-electron chi connectivity index (χ2n) is 5.06. The van der Waals surface area contributed by atoms with Gasteiger partial charge in [-0.25, -0.2) is 9.78 Å². The van der Waals surface area contributed by atoms with E-state index < -0.39 is 12.0 Å². The van der Waals surface area contributed by atoms with E-state index in [-0.39, 0.29) is 5.56 Å². The summed E-state index contributed by atoms with van der Waals surface area (Å²) in [6.45, 7) is 3.56. The number of fused-ring (bicyclic) bond motifs is 1. The third-order valence-electron chi connectivity index (χ3n) is 3.50. The number of benzene rings is 1. The number of hydrogen-bond donors (Lipinski definition) is 1. The van der Waals surface area contributed by atoms with Crippen LogP contribution < -0.4 is 5.56 Å². The lowest BCUT2D eigenvalue weighted by Crippen LogP contribution is -2.32. The summed E-state index contributed by atoms with van der Waals surface area (Å²) in [6, 6.07) is 9.41. The third-order valence-corrected chi connectivity index (χ3v) is 4.45. The summed E-state index contributed by atoms with van der Waals surface area (Å²) in [4.78, 5) is 30.5. The topological polar surface area (TPSA) is 72.2 Å².